The van der Waals surface area contributed by atoms with Crippen LogP contribution in [0.25, 0.3) is 0 Å². The van der Waals surface area contributed by atoms with Crippen molar-refractivity contribution in [1.82, 2.24) is 0 Å². The smallest absolute Gasteiger partial charge is 0.331 e. The second-order valence-electron chi connectivity index (χ2n) is 2.88. The molecular formula is C10H18O2. The average molecular weight is 170 g/mol. The maximum atomic E-state index is 10.5. The Labute approximate surface area is 74.3 Å². The van der Waals surface area contributed by atoms with E-state index in [1.807, 2.05) is 13.0 Å². The number of carboxylic acids is 1. The summed E-state index contributed by atoms with van der Waals surface area (Å²) in [5, 5.41) is 8.66. The molecule has 0 radical (unpaired) electrons. The van der Waals surface area contributed by atoms with Gasteiger partial charge in [-0.05, 0) is 19.3 Å². The van der Waals surface area contributed by atoms with E-state index in [1.54, 1.807) is 0 Å². The van der Waals surface area contributed by atoms with Crippen molar-refractivity contribution in [3.05, 3.63) is 11.6 Å². The monoisotopic (exact) mass is 170 g/mol. The Morgan fingerprint density at radius 3 is 2.42 bits per heavy atom. The molecule has 0 rings (SSSR count). The summed E-state index contributed by atoms with van der Waals surface area (Å²) in [5.74, 6) is -0.769. The van der Waals surface area contributed by atoms with Crippen LogP contribution >= 0.6 is 0 Å². The molecule has 0 fully saturated rings. The highest BCUT2D eigenvalue weighted by molar-refractivity contribution is 5.86. The first-order valence-corrected chi connectivity index (χ1v) is 4.64. The topological polar surface area (TPSA) is 37.3 Å². The van der Waals surface area contributed by atoms with Crippen LogP contribution in [0.5, 0.6) is 0 Å². The molecule has 0 heterocycles. The van der Waals surface area contributed by atoms with E-state index in [9.17, 15) is 4.79 Å². The maximum Gasteiger partial charge on any atom is 0.331 e. The highest BCUT2D eigenvalue weighted by Gasteiger charge is 2.01. The van der Waals surface area contributed by atoms with Gasteiger partial charge in [-0.2, -0.15) is 0 Å². The summed E-state index contributed by atoms with van der Waals surface area (Å²) in [6.07, 6.45) is 6.85. The molecule has 12 heavy (non-hydrogen) atoms. The first-order chi connectivity index (χ1) is 5.72. The molecular weight excluding hydrogens is 152 g/mol. The zero-order chi connectivity index (χ0) is 9.40. The highest BCUT2D eigenvalue weighted by Crippen LogP contribution is 2.06. The Kier molecular flexibility index (Phi) is 6.44. The quantitative estimate of drug-likeness (QED) is 0.491. The minimum absolute atomic E-state index is 0.547. The fraction of sp³-hybridized carbons (Fsp3) is 0.700. The van der Waals surface area contributed by atoms with Gasteiger partial charge in [0, 0.05) is 5.57 Å². The van der Waals surface area contributed by atoms with Gasteiger partial charge in [0.1, 0.15) is 0 Å². The van der Waals surface area contributed by atoms with Crippen molar-refractivity contribution in [2.45, 2.75) is 46.0 Å². The van der Waals surface area contributed by atoms with Crippen LogP contribution in [0.15, 0.2) is 11.6 Å². The second kappa shape index (κ2) is 6.89. The molecule has 0 aliphatic carbocycles. The number of allylic oxidation sites excluding steroid dienone is 1. The SMILES string of the molecule is CCCCC/C=C(\CC)C(=O)O. The third-order valence-corrected chi connectivity index (χ3v) is 1.85. The Hall–Kier alpha value is -0.790. The molecule has 0 spiro atoms. The normalized spacial score (nSPS) is 11.7. The number of rotatable bonds is 6. The van der Waals surface area contributed by atoms with Gasteiger partial charge in [0.2, 0.25) is 0 Å². The Bertz CT molecular complexity index is 159. The fourth-order valence-corrected chi connectivity index (χ4v) is 1.05. The molecule has 0 unspecified atom stereocenters. The van der Waals surface area contributed by atoms with E-state index >= 15 is 0 Å². The minimum atomic E-state index is -0.769. The lowest BCUT2D eigenvalue weighted by Crippen LogP contribution is -1.98. The summed E-state index contributed by atoms with van der Waals surface area (Å²) in [7, 11) is 0. The van der Waals surface area contributed by atoms with Crippen LogP contribution in [-0.4, -0.2) is 11.1 Å². The van der Waals surface area contributed by atoms with E-state index in [-0.39, 0.29) is 0 Å². The first kappa shape index (κ1) is 11.2. The molecule has 70 valence electrons. The van der Waals surface area contributed by atoms with Crippen molar-refractivity contribution in [2.75, 3.05) is 0 Å². The van der Waals surface area contributed by atoms with Crippen molar-refractivity contribution in [3.63, 3.8) is 0 Å². The Morgan fingerprint density at radius 2 is 2.00 bits per heavy atom. The van der Waals surface area contributed by atoms with Gasteiger partial charge in [0.05, 0.1) is 0 Å². The lowest BCUT2D eigenvalue weighted by molar-refractivity contribution is -0.132. The molecule has 0 bridgehead atoms. The van der Waals surface area contributed by atoms with Crippen LogP contribution in [0.2, 0.25) is 0 Å². The van der Waals surface area contributed by atoms with Gasteiger partial charge in [0.15, 0.2) is 0 Å². The molecule has 1 N–H and O–H groups in total. The number of hydrogen-bond donors (Lipinski definition) is 1. The molecule has 0 aromatic heterocycles. The third-order valence-electron chi connectivity index (χ3n) is 1.85. The lowest BCUT2D eigenvalue weighted by Gasteiger charge is -1.97. The van der Waals surface area contributed by atoms with E-state index in [0.29, 0.717) is 12.0 Å². The first-order valence-electron chi connectivity index (χ1n) is 4.64. The van der Waals surface area contributed by atoms with E-state index < -0.39 is 5.97 Å². The fourth-order valence-electron chi connectivity index (χ4n) is 1.05. The van der Waals surface area contributed by atoms with E-state index in [4.69, 9.17) is 5.11 Å². The van der Waals surface area contributed by atoms with Crippen LogP contribution < -0.4 is 0 Å². The number of aliphatic carboxylic acids is 1. The van der Waals surface area contributed by atoms with Crippen molar-refractivity contribution in [1.29, 1.82) is 0 Å². The summed E-state index contributed by atoms with van der Waals surface area (Å²) in [4.78, 5) is 10.5. The molecule has 0 aliphatic heterocycles. The van der Waals surface area contributed by atoms with Crippen LogP contribution in [0.4, 0.5) is 0 Å². The van der Waals surface area contributed by atoms with Crippen LogP contribution in [0, 0.1) is 0 Å². The summed E-state index contributed by atoms with van der Waals surface area (Å²) in [5.41, 5.74) is 0.547. The van der Waals surface area contributed by atoms with Crippen molar-refractivity contribution >= 4 is 5.97 Å². The summed E-state index contributed by atoms with van der Waals surface area (Å²) < 4.78 is 0. The lowest BCUT2D eigenvalue weighted by atomic mass is 10.1. The standard InChI is InChI=1S/C10H18O2/c1-3-5-6-7-8-9(4-2)10(11)12/h8H,3-7H2,1-2H3,(H,11,12)/b9-8+. The predicted molar refractivity (Wildman–Crippen MR) is 50.2 cm³/mol. The zero-order valence-electron chi connectivity index (χ0n) is 7.97. The van der Waals surface area contributed by atoms with Crippen LogP contribution in [-0.2, 0) is 4.79 Å². The molecule has 2 nitrogen and oxygen atoms in total. The summed E-state index contributed by atoms with van der Waals surface area (Å²) in [6, 6.07) is 0. The number of unbranched alkanes of at least 4 members (excludes halogenated alkanes) is 3. The molecule has 0 saturated heterocycles. The predicted octanol–water partition coefficient (Wildman–Crippen LogP) is 2.99. The maximum absolute atomic E-state index is 10.5. The number of carboxylic acid groups (broad SMARTS) is 1. The van der Waals surface area contributed by atoms with Crippen molar-refractivity contribution in [3.8, 4) is 0 Å². The summed E-state index contributed by atoms with van der Waals surface area (Å²) >= 11 is 0. The number of hydrogen-bond acceptors (Lipinski definition) is 1. The Morgan fingerprint density at radius 1 is 1.33 bits per heavy atom. The molecule has 0 aliphatic rings. The highest BCUT2D eigenvalue weighted by atomic mass is 16.4. The van der Waals surface area contributed by atoms with Crippen LogP contribution in [0.1, 0.15) is 46.0 Å². The molecule has 0 amide bonds. The second-order valence-corrected chi connectivity index (χ2v) is 2.88. The average Bonchev–Trinajstić information content (AvgIpc) is 2.04. The van der Waals surface area contributed by atoms with E-state index in [0.717, 1.165) is 12.8 Å². The van der Waals surface area contributed by atoms with Gasteiger partial charge in [0.25, 0.3) is 0 Å². The van der Waals surface area contributed by atoms with Gasteiger partial charge in [-0.25, -0.2) is 4.79 Å². The van der Waals surface area contributed by atoms with Gasteiger partial charge in [-0.1, -0.05) is 32.8 Å². The third kappa shape index (κ3) is 4.94. The molecule has 0 atom stereocenters. The number of carbonyl (C=O) groups is 1. The van der Waals surface area contributed by atoms with Gasteiger partial charge in [-0.3, -0.25) is 0 Å². The molecule has 2 heteroatoms. The largest absolute Gasteiger partial charge is 0.478 e. The van der Waals surface area contributed by atoms with Gasteiger partial charge in [-0.15, -0.1) is 0 Å². The molecule has 0 aromatic rings. The zero-order valence-corrected chi connectivity index (χ0v) is 7.97. The van der Waals surface area contributed by atoms with Gasteiger partial charge >= 0.3 is 5.97 Å². The van der Waals surface area contributed by atoms with E-state index in [2.05, 4.69) is 6.92 Å². The summed E-state index contributed by atoms with van der Waals surface area (Å²) in [6.45, 7) is 4.02. The molecule has 0 aromatic carbocycles. The van der Waals surface area contributed by atoms with Crippen molar-refractivity contribution in [2.24, 2.45) is 0 Å². The van der Waals surface area contributed by atoms with Crippen LogP contribution in [0.3, 0.4) is 0 Å². The molecule has 0 saturated carbocycles. The van der Waals surface area contributed by atoms with Gasteiger partial charge < -0.3 is 5.11 Å². The Balaban J connectivity index is 3.71. The van der Waals surface area contributed by atoms with Crippen molar-refractivity contribution < 1.29 is 9.90 Å². The van der Waals surface area contributed by atoms with E-state index in [1.165, 1.54) is 12.8 Å². The minimum Gasteiger partial charge on any atom is -0.478 e.